The second kappa shape index (κ2) is 7.75. The molecule has 2 rings (SSSR count). The molecule has 0 spiro atoms. The monoisotopic (exact) mass is 291 g/mol. The van der Waals surface area contributed by atoms with Gasteiger partial charge in [0.1, 0.15) is 6.23 Å². The Kier molecular flexibility index (Phi) is 5.71. The zero-order valence-electron chi connectivity index (χ0n) is 11.8. The molecule has 1 heterocycles. The minimum Gasteiger partial charge on any atom is -0.372 e. The van der Waals surface area contributed by atoms with E-state index < -0.39 is 6.23 Å². The summed E-state index contributed by atoms with van der Waals surface area (Å²) in [6, 6.07) is 8.95. The summed E-state index contributed by atoms with van der Waals surface area (Å²) in [7, 11) is 0. The molecule has 1 aromatic carbocycles. The molecule has 0 radical (unpaired) electrons. The van der Waals surface area contributed by atoms with Gasteiger partial charge in [0.25, 0.3) is 5.91 Å². The standard InChI is InChI=1S/C15H21N3O3/c19-13-8-7-12(15(21)18-13)16-9-4-10-17-14(20)11-5-2-1-3-6-11/h1-3,5-6,12,15-16,21H,4,7-10H2,(H,17,20)(H,18,19). The van der Waals surface area contributed by atoms with Crippen LogP contribution < -0.4 is 16.0 Å². The SMILES string of the molecule is O=C1CCC(NCCCNC(=O)c2ccccc2)C(O)N1. The summed E-state index contributed by atoms with van der Waals surface area (Å²) in [6.07, 6.45) is 0.989. The van der Waals surface area contributed by atoms with E-state index in [0.717, 1.165) is 6.42 Å². The first-order valence-corrected chi connectivity index (χ1v) is 7.21. The van der Waals surface area contributed by atoms with Crippen LogP contribution in [0.1, 0.15) is 29.6 Å². The Hall–Kier alpha value is -1.92. The van der Waals surface area contributed by atoms with Gasteiger partial charge in [0, 0.05) is 18.5 Å². The molecule has 0 bridgehead atoms. The molecular weight excluding hydrogens is 270 g/mol. The van der Waals surface area contributed by atoms with Gasteiger partial charge in [-0.1, -0.05) is 18.2 Å². The molecule has 4 N–H and O–H groups in total. The second-order valence-corrected chi connectivity index (χ2v) is 5.09. The first kappa shape index (κ1) is 15.5. The number of hydrogen-bond acceptors (Lipinski definition) is 4. The van der Waals surface area contributed by atoms with Gasteiger partial charge in [-0.05, 0) is 31.5 Å². The van der Waals surface area contributed by atoms with E-state index >= 15 is 0 Å². The van der Waals surface area contributed by atoms with Crippen molar-refractivity contribution < 1.29 is 14.7 Å². The summed E-state index contributed by atoms with van der Waals surface area (Å²) in [6.45, 7) is 1.24. The van der Waals surface area contributed by atoms with Gasteiger partial charge in [-0.15, -0.1) is 0 Å². The molecule has 21 heavy (non-hydrogen) atoms. The molecule has 0 aliphatic carbocycles. The highest BCUT2D eigenvalue weighted by atomic mass is 16.3. The highest BCUT2D eigenvalue weighted by Crippen LogP contribution is 2.07. The second-order valence-electron chi connectivity index (χ2n) is 5.09. The number of amides is 2. The number of aliphatic hydroxyl groups excluding tert-OH is 1. The zero-order valence-corrected chi connectivity index (χ0v) is 11.8. The molecule has 0 saturated carbocycles. The first-order valence-electron chi connectivity index (χ1n) is 7.21. The number of hydrogen-bond donors (Lipinski definition) is 4. The molecule has 2 amide bonds. The molecule has 2 unspecified atom stereocenters. The third-order valence-electron chi connectivity index (χ3n) is 3.45. The van der Waals surface area contributed by atoms with Gasteiger partial charge in [0.05, 0.1) is 6.04 Å². The summed E-state index contributed by atoms with van der Waals surface area (Å²) in [5.74, 6) is -0.198. The highest BCUT2D eigenvalue weighted by molar-refractivity contribution is 5.94. The molecule has 0 aromatic heterocycles. The lowest BCUT2D eigenvalue weighted by Crippen LogP contribution is -2.54. The maximum atomic E-state index is 11.8. The van der Waals surface area contributed by atoms with Gasteiger partial charge >= 0.3 is 0 Å². The molecule has 6 heteroatoms. The zero-order chi connectivity index (χ0) is 15.1. The fourth-order valence-corrected chi connectivity index (χ4v) is 2.27. The lowest BCUT2D eigenvalue weighted by Gasteiger charge is -2.29. The quantitative estimate of drug-likeness (QED) is 0.555. The van der Waals surface area contributed by atoms with Gasteiger partial charge in [-0.25, -0.2) is 0 Å². The van der Waals surface area contributed by atoms with Crippen LogP contribution in [0.2, 0.25) is 0 Å². The maximum absolute atomic E-state index is 11.8. The van der Waals surface area contributed by atoms with E-state index in [0.29, 0.717) is 31.5 Å². The molecular formula is C15H21N3O3. The van der Waals surface area contributed by atoms with E-state index in [-0.39, 0.29) is 17.9 Å². The van der Waals surface area contributed by atoms with Crippen molar-refractivity contribution in [3.05, 3.63) is 35.9 Å². The van der Waals surface area contributed by atoms with E-state index in [9.17, 15) is 14.7 Å². The van der Waals surface area contributed by atoms with Gasteiger partial charge in [0.15, 0.2) is 0 Å². The van der Waals surface area contributed by atoms with Crippen molar-refractivity contribution >= 4 is 11.8 Å². The Morgan fingerprint density at radius 2 is 2.05 bits per heavy atom. The Balaban J connectivity index is 1.60. The van der Waals surface area contributed by atoms with E-state index in [1.54, 1.807) is 12.1 Å². The molecule has 114 valence electrons. The van der Waals surface area contributed by atoms with Crippen LogP contribution in [-0.4, -0.2) is 42.3 Å². The molecule has 2 atom stereocenters. The Morgan fingerprint density at radius 1 is 1.29 bits per heavy atom. The number of nitrogens with one attached hydrogen (secondary N) is 3. The summed E-state index contributed by atoms with van der Waals surface area (Å²) in [4.78, 5) is 22.8. The van der Waals surface area contributed by atoms with Crippen LogP contribution in [0.4, 0.5) is 0 Å². The van der Waals surface area contributed by atoms with Crippen LogP contribution in [0.25, 0.3) is 0 Å². The van der Waals surface area contributed by atoms with E-state index in [4.69, 9.17) is 0 Å². The number of aliphatic hydroxyl groups is 1. The molecule has 1 fully saturated rings. The number of rotatable bonds is 6. The molecule has 1 saturated heterocycles. The smallest absolute Gasteiger partial charge is 0.251 e. The summed E-state index contributed by atoms with van der Waals surface area (Å²) < 4.78 is 0. The average Bonchev–Trinajstić information content (AvgIpc) is 2.49. The topological polar surface area (TPSA) is 90.5 Å². The number of carbonyl (C=O) groups excluding carboxylic acids is 2. The number of benzene rings is 1. The highest BCUT2D eigenvalue weighted by Gasteiger charge is 2.25. The minimum absolute atomic E-state index is 0.0828. The summed E-state index contributed by atoms with van der Waals surface area (Å²) in [5.41, 5.74) is 0.649. The summed E-state index contributed by atoms with van der Waals surface area (Å²) >= 11 is 0. The lowest BCUT2D eigenvalue weighted by atomic mass is 10.1. The van der Waals surface area contributed by atoms with Gasteiger partial charge in [-0.2, -0.15) is 0 Å². The van der Waals surface area contributed by atoms with Crippen molar-refractivity contribution in [3.8, 4) is 0 Å². The van der Waals surface area contributed by atoms with Crippen LogP contribution in [0, 0.1) is 0 Å². The molecule has 6 nitrogen and oxygen atoms in total. The van der Waals surface area contributed by atoms with Gasteiger partial charge < -0.3 is 21.1 Å². The molecule has 1 aliphatic heterocycles. The molecule has 1 aromatic rings. The Bertz CT molecular complexity index is 478. The van der Waals surface area contributed by atoms with Gasteiger partial charge in [0.2, 0.25) is 5.91 Å². The van der Waals surface area contributed by atoms with E-state index in [1.807, 2.05) is 18.2 Å². The average molecular weight is 291 g/mol. The van der Waals surface area contributed by atoms with E-state index in [1.165, 1.54) is 0 Å². The Labute approximate surface area is 123 Å². The fourth-order valence-electron chi connectivity index (χ4n) is 2.27. The maximum Gasteiger partial charge on any atom is 0.251 e. The van der Waals surface area contributed by atoms with Crippen LogP contribution in [0.15, 0.2) is 30.3 Å². The van der Waals surface area contributed by atoms with E-state index in [2.05, 4.69) is 16.0 Å². The van der Waals surface area contributed by atoms with Crippen molar-refractivity contribution in [3.63, 3.8) is 0 Å². The van der Waals surface area contributed by atoms with Crippen molar-refractivity contribution in [2.24, 2.45) is 0 Å². The summed E-state index contributed by atoms with van der Waals surface area (Å²) in [5, 5.41) is 18.2. The predicted molar refractivity (Wildman–Crippen MR) is 78.6 cm³/mol. The van der Waals surface area contributed by atoms with Crippen molar-refractivity contribution in [1.29, 1.82) is 0 Å². The third kappa shape index (κ3) is 4.84. The third-order valence-corrected chi connectivity index (χ3v) is 3.45. The lowest BCUT2D eigenvalue weighted by molar-refractivity contribution is -0.127. The van der Waals surface area contributed by atoms with Crippen molar-refractivity contribution in [1.82, 2.24) is 16.0 Å². The predicted octanol–water partition coefficient (Wildman–Crippen LogP) is -0.00690. The van der Waals surface area contributed by atoms with Crippen LogP contribution in [0.5, 0.6) is 0 Å². The Morgan fingerprint density at radius 3 is 2.76 bits per heavy atom. The van der Waals surface area contributed by atoms with Gasteiger partial charge in [-0.3, -0.25) is 9.59 Å². The van der Waals surface area contributed by atoms with Crippen molar-refractivity contribution in [2.75, 3.05) is 13.1 Å². The van der Waals surface area contributed by atoms with Crippen LogP contribution in [0.3, 0.4) is 0 Å². The number of piperidine rings is 1. The minimum atomic E-state index is -0.829. The first-order chi connectivity index (χ1) is 10.2. The van der Waals surface area contributed by atoms with Crippen molar-refractivity contribution in [2.45, 2.75) is 31.5 Å². The van der Waals surface area contributed by atoms with Crippen LogP contribution in [-0.2, 0) is 4.79 Å². The number of carbonyl (C=O) groups is 2. The molecule has 1 aliphatic rings. The fraction of sp³-hybridized carbons (Fsp3) is 0.467. The van der Waals surface area contributed by atoms with Crippen LogP contribution >= 0.6 is 0 Å². The largest absolute Gasteiger partial charge is 0.372 e. The normalized spacial score (nSPS) is 21.7.